The zero-order valence-electron chi connectivity index (χ0n) is 10.1. The third-order valence-electron chi connectivity index (χ3n) is 2.29. The molecule has 0 N–H and O–H groups in total. The van der Waals surface area contributed by atoms with Gasteiger partial charge in [0, 0.05) is 5.38 Å². The molecular formula is C13H14N2O2S. The van der Waals surface area contributed by atoms with Crippen LogP contribution in [0.2, 0.25) is 0 Å². The predicted molar refractivity (Wildman–Crippen MR) is 72.1 cm³/mol. The van der Waals surface area contributed by atoms with E-state index in [1.54, 1.807) is 12.4 Å². The minimum Gasteiger partial charge on any atom is -0.473 e. The number of thiazole rings is 1. The molecule has 0 saturated carbocycles. The Labute approximate surface area is 110 Å². The van der Waals surface area contributed by atoms with E-state index in [-0.39, 0.29) is 5.78 Å². The molecule has 94 valence electrons. The first kappa shape index (κ1) is 12.6. The maximum absolute atomic E-state index is 11.2. The second kappa shape index (κ2) is 6.16. The van der Waals surface area contributed by atoms with Gasteiger partial charge in [0.25, 0.3) is 0 Å². The molecule has 0 saturated heterocycles. The summed E-state index contributed by atoms with van der Waals surface area (Å²) < 4.78 is 5.63. The summed E-state index contributed by atoms with van der Waals surface area (Å²) in [4.78, 5) is 17.2. The Kier molecular flexibility index (Phi) is 4.30. The molecule has 0 unspecified atom stereocenters. The number of carbonyl (C=O) groups is 1. The zero-order chi connectivity index (χ0) is 12.8. The lowest BCUT2D eigenvalue weighted by Gasteiger charge is -2.21. The Morgan fingerprint density at radius 1 is 1.39 bits per heavy atom. The minimum absolute atomic E-state index is 0.0830. The van der Waals surface area contributed by atoms with E-state index in [1.807, 2.05) is 40.6 Å². The van der Waals surface area contributed by atoms with E-state index in [4.69, 9.17) is 4.74 Å². The van der Waals surface area contributed by atoms with Crippen LogP contribution in [-0.4, -0.2) is 24.0 Å². The molecule has 4 nitrogen and oxygen atoms in total. The van der Waals surface area contributed by atoms with E-state index in [2.05, 4.69) is 4.98 Å². The van der Waals surface area contributed by atoms with Crippen LogP contribution in [0.5, 0.6) is 5.75 Å². The Bertz CT molecular complexity index is 485. The maximum Gasteiger partial charge on any atom is 0.163 e. The van der Waals surface area contributed by atoms with Crippen molar-refractivity contribution in [2.45, 2.75) is 6.92 Å². The summed E-state index contributed by atoms with van der Waals surface area (Å²) >= 11 is 1.50. The first-order valence-electron chi connectivity index (χ1n) is 5.56. The lowest BCUT2D eigenvalue weighted by atomic mass is 10.3. The van der Waals surface area contributed by atoms with Crippen LogP contribution in [0.25, 0.3) is 0 Å². The first-order chi connectivity index (χ1) is 8.75. The number of rotatable bonds is 6. The highest BCUT2D eigenvalue weighted by Gasteiger charge is 2.11. The summed E-state index contributed by atoms with van der Waals surface area (Å²) in [6, 6.07) is 9.52. The molecule has 2 aromatic rings. The van der Waals surface area contributed by atoms with E-state index < -0.39 is 0 Å². The number of anilines is 1. The van der Waals surface area contributed by atoms with Crippen LogP contribution in [0.3, 0.4) is 0 Å². The molecule has 0 aliphatic carbocycles. The lowest BCUT2D eigenvalue weighted by molar-refractivity contribution is -0.115. The summed E-state index contributed by atoms with van der Waals surface area (Å²) in [6.07, 6.45) is 0. The fraction of sp³-hybridized carbons (Fsp3) is 0.231. The molecule has 0 spiro atoms. The van der Waals surface area contributed by atoms with E-state index in [9.17, 15) is 4.79 Å². The molecule has 0 atom stereocenters. The van der Waals surface area contributed by atoms with E-state index in [1.165, 1.54) is 11.3 Å². The Hall–Kier alpha value is -1.88. The van der Waals surface area contributed by atoms with Gasteiger partial charge in [0.2, 0.25) is 0 Å². The number of ether oxygens (including phenoxy) is 1. The summed E-state index contributed by atoms with van der Waals surface area (Å²) in [5, 5.41) is 1.90. The van der Waals surface area contributed by atoms with Gasteiger partial charge in [0.1, 0.15) is 17.4 Å². The molecule has 18 heavy (non-hydrogen) atoms. The van der Waals surface area contributed by atoms with E-state index >= 15 is 0 Å². The van der Waals surface area contributed by atoms with Crippen LogP contribution in [0.15, 0.2) is 41.2 Å². The van der Waals surface area contributed by atoms with Crippen molar-refractivity contribution in [3.63, 3.8) is 0 Å². The Morgan fingerprint density at radius 3 is 2.78 bits per heavy atom. The SMILES string of the molecule is CC(=O)CN(COc1ccccc1)c1cscn1. The minimum atomic E-state index is 0.0830. The summed E-state index contributed by atoms with van der Waals surface area (Å²) in [5.74, 6) is 1.63. The van der Waals surface area contributed by atoms with Crippen molar-refractivity contribution in [1.29, 1.82) is 0 Å². The van der Waals surface area contributed by atoms with E-state index in [0.717, 1.165) is 11.6 Å². The van der Waals surface area contributed by atoms with Gasteiger partial charge in [-0.1, -0.05) is 18.2 Å². The molecule has 0 radical (unpaired) electrons. The fourth-order valence-corrected chi connectivity index (χ4v) is 2.05. The van der Waals surface area contributed by atoms with Crippen molar-refractivity contribution in [2.24, 2.45) is 0 Å². The quantitative estimate of drug-likeness (QED) is 0.750. The van der Waals surface area contributed by atoms with Crippen molar-refractivity contribution in [1.82, 2.24) is 4.98 Å². The van der Waals surface area contributed by atoms with Gasteiger partial charge in [-0.15, -0.1) is 11.3 Å². The van der Waals surface area contributed by atoms with Crippen LogP contribution in [0.4, 0.5) is 5.82 Å². The molecule has 1 aromatic carbocycles. The number of hydrogen-bond acceptors (Lipinski definition) is 5. The van der Waals surface area contributed by atoms with Crippen LogP contribution in [0, 0.1) is 0 Å². The average molecular weight is 262 g/mol. The van der Waals surface area contributed by atoms with Crippen molar-refractivity contribution >= 4 is 22.9 Å². The molecule has 0 bridgehead atoms. The third kappa shape index (κ3) is 3.56. The molecule has 2 rings (SSSR count). The summed E-state index contributed by atoms with van der Waals surface area (Å²) in [7, 11) is 0. The monoisotopic (exact) mass is 262 g/mol. The standard InChI is InChI=1S/C13H14N2O2S/c1-11(16)7-15(13-8-18-9-14-13)10-17-12-5-3-2-4-6-12/h2-6,8-9H,7,10H2,1H3. The highest BCUT2D eigenvalue weighted by molar-refractivity contribution is 7.07. The number of ketones is 1. The molecule has 5 heteroatoms. The summed E-state index contributed by atoms with van der Waals surface area (Å²) in [6.45, 7) is 2.17. The number of Topliss-reactive ketones (excluding diaryl/α,β-unsaturated/α-hetero) is 1. The van der Waals surface area contributed by atoms with Gasteiger partial charge < -0.3 is 9.64 Å². The van der Waals surface area contributed by atoms with E-state index in [0.29, 0.717) is 13.3 Å². The van der Waals surface area contributed by atoms with Crippen LogP contribution >= 0.6 is 11.3 Å². The molecule has 1 aromatic heterocycles. The fourth-order valence-electron chi connectivity index (χ4n) is 1.49. The van der Waals surface area contributed by atoms with Crippen molar-refractivity contribution in [2.75, 3.05) is 18.2 Å². The Balaban J connectivity index is 2.00. The predicted octanol–water partition coefficient (Wildman–Crippen LogP) is 2.58. The zero-order valence-corrected chi connectivity index (χ0v) is 10.9. The van der Waals surface area contributed by atoms with Gasteiger partial charge in [-0.25, -0.2) is 4.98 Å². The molecule has 0 amide bonds. The third-order valence-corrected chi connectivity index (χ3v) is 2.86. The van der Waals surface area contributed by atoms with Crippen LogP contribution in [-0.2, 0) is 4.79 Å². The second-order valence-corrected chi connectivity index (χ2v) is 4.55. The first-order valence-corrected chi connectivity index (χ1v) is 6.50. The highest BCUT2D eigenvalue weighted by atomic mass is 32.1. The molecule has 0 fully saturated rings. The van der Waals surface area contributed by atoms with Crippen LogP contribution in [0.1, 0.15) is 6.92 Å². The average Bonchev–Trinajstić information content (AvgIpc) is 2.89. The van der Waals surface area contributed by atoms with Crippen molar-refractivity contribution in [3.05, 3.63) is 41.2 Å². The molecule has 0 aliphatic rings. The molecule has 0 aliphatic heterocycles. The number of hydrogen-bond donors (Lipinski definition) is 0. The molecule has 1 heterocycles. The van der Waals surface area contributed by atoms with Gasteiger partial charge in [-0.2, -0.15) is 0 Å². The second-order valence-electron chi connectivity index (χ2n) is 3.83. The maximum atomic E-state index is 11.2. The topological polar surface area (TPSA) is 42.4 Å². The number of nitrogens with zero attached hydrogens (tertiary/aromatic N) is 2. The van der Waals surface area contributed by atoms with Gasteiger partial charge in [-0.05, 0) is 19.1 Å². The van der Waals surface area contributed by atoms with Gasteiger partial charge in [-0.3, -0.25) is 4.79 Å². The van der Waals surface area contributed by atoms with Crippen LogP contribution < -0.4 is 9.64 Å². The number of benzene rings is 1. The lowest BCUT2D eigenvalue weighted by Crippen LogP contribution is -2.32. The number of carbonyl (C=O) groups excluding carboxylic acids is 1. The van der Waals surface area contributed by atoms with Gasteiger partial charge in [0.15, 0.2) is 6.73 Å². The van der Waals surface area contributed by atoms with Crippen molar-refractivity contribution in [3.8, 4) is 5.75 Å². The van der Waals surface area contributed by atoms with Gasteiger partial charge >= 0.3 is 0 Å². The smallest absolute Gasteiger partial charge is 0.163 e. The Morgan fingerprint density at radius 2 is 2.17 bits per heavy atom. The highest BCUT2D eigenvalue weighted by Crippen LogP contribution is 2.15. The largest absolute Gasteiger partial charge is 0.473 e. The van der Waals surface area contributed by atoms with Gasteiger partial charge in [0.05, 0.1) is 12.1 Å². The molecular weight excluding hydrogens is 248 g/mol. The number of aromatic nitrogens is 1. The normalized spacial score (nSPS) is 10.1. The number of para-hydroxylation sites is 1. The van der Waals surface area contributed by atoms with Crippen molar-refractivity contribution < 1.29 is 9.53 Å². The summed E-state index contributed by atoms with van der Waals surface area (Å²) in [5.41, 5.74) is 1.74.